The highest BCUT2D eigenvalue weighted by atomic mass is 15.3. The molecule has 0 aromatic heterocycles. The molecule has 0 spiro atoms. The molecule has 3 rings (SSSR count). The SMILES string of the molecule is CCCCCCCCC[N+](C)(C)CC1=CC[C@H]2C[C@@H]1C2(C)C. The first kappa shape index (κ1) is 18.0. The van der Waals surface area contributed by atoms with E-state index in [1.54, 1.807) is 5.57 Å². The normalized spacial score (nSPS) is 26.5. The van der Waals surface area contributed by atoms with Gasteiger partial charge in [0.2, 0.25) is 0 Å². The lowest BCUT2D eigenvalue weighted by molar-refractivity contribution is -0.886. The van der Waals surface area contributed by atoms with Crippen molar-refractivity contribution in [2.75, 3.05) is 27.2 Å². The summed E-state index contributed by atoms with van der Waals surface area (Å²) in [6.45, 7) is 9.92. The third-order valence-electron chi connectivity index (χ3n) is 6.56. The minimum atomic E-state index is 0.587. The number of quaternary nitrogens is 1. The number of fused-ring (bicyclic) bond motifs is 1. The maximum absolute atomic E-state index is 2.59. The zero-order valence-corrected chi connectivity index (χ0v) is 16.0. The summed E-state index contributed by atoms with van der Waals surface area (Å²) in [5.74, 6) is 1.86. The highest BCUT2D eigenvalue weighted by molar-refractivity contribution is 5.23. The van der Waals surface area contributed by atoms with Gasteiger partial charge in [-0.15, -0.1) is 0 Å². The van der Waals surface area contributed by atoms with Crippen LogP contribution < -0.4 is 0 Å². The fraction of sp³-hybridized carbons (Fsp3) is 0.905. The molecule has 0 aromatic carbocycles. The van der Waals surface area contributed by atoms with Crippen LogP contribution in [0, 0.1) is 17.3 Å². The summed E-state index contributed by atoms with van der Waals surface area (Å²) < 4.78 is 1.19. The number of unbranched alkanes of at least 4 members (excludes halogenated alkanes) is 6. The van der Waals surface area contributed by atoms with Crippen LogP contribution in [0.4, 0.5) is 0 Å². The van der Waals surface area contributed by atoms with Crippen molar-refractivity contribution in [1.29, 1.82) is 0 Å². The van der Waals surface area contributed by atoms with E-state index in [1.807, 2.05) is 0 Å². The van der Waals surface area contributed by atoms with Crippen LogP contribution in [0.25, 0.3) is 0 Å². The second kappa shape index (κ2) is 7.51. The molecule has 128 valence electrons. The van der Waals surface area contributed by atoms with Gasteiger partial charge in [-0.2, -0.15) is 0 Å². The van der Waals surface area contributed by atoms with Gasteiger partial charge in [-0.25, -0.2) is 0 Å². The lowest BCUT2D eigenvalue weighted by atomic mass is 9.49. The first-order valence-corrected chi connectivity index (χ1v) is 9.88. The van der Waals surface area contributed by atoms with Crippen LogP contribution >= 0.6 is 0 Å². The van der Waals surface area contributed by atoms with Crippen molar-refractivity contribution in [3.05, 3.63) is 11.6 Å². The van der Waals surface area contributed by atoms with E-state index in [2.05, 4.69) is 40.9 Å². The third kappa shape index (κ3) is 4.37. The summed E-state index contributed by atoms with van der Waals surface area (Å²) >= 11 is 0. The Morgan fingerprint density at radius 1 is 1.05 bits per heavy atom. The van der Waals surface area contributed by atoms with Crippen LogP contribution in [-0.4, -0.2) is 31.7 Å². The molecule has 0 heterocycles. The molecule has 22 heavy (non-hydrogen) atoms. The first-order valence-electron chi connectivity index (χ1n) is 9.88. The van der Waals surface area contributed by atoms with Crippen LogP contribution in [0.5, 0.6) is 0 Å². The van der Waals surface area contributed by atoms with E-state index in [9.17, 15) is 0 Å². The number of nitrogens with zero attached hydrogens (tertiary/aromatic N) is 1. The van der Waals surface area contributed by atoms with E-state index in [0.29, 0.717) is 5.41 Å². The van der Waals surface area contributed by atoms with Crippen molar-refractivity contribution in [1.82, 2.24) is 0 Å². The van der Waals surface area contributed by atoms with Gasteiger partial charge in [0.05, 0.1) is 20.6 Å². The summed E-state index contributed by atoms with van der Waals surface area (Å²) in [6, 6.07) is 0. The Labute approximate surface area is 139 Å². The molecule has 2 atom stereocenters. The quantitative estimate of drug-likeness (QED) is 0.271. The van der Waals surface area contributed by atoms with Crippen LogP contribution in [0.3, 0.4) is 0 Å². The molecule has 0 radical (unpaired) electrons. The first-order chi connectivity index (χ1) is 10.4. The summed E-state index contributed by atoms with van der Waals surface area (Å²) in [7, 11) is 4.88. The molecule has 1 nitrogen and oxygen atoms in total. The molecular formula is C21H40N+. The van der Waals surface area contributed by atoms with Gasteiger partial charge in [0.15, 0.2) is 0 Å². The predicted molar refractivity (Wildman–Crippen MR) is 97.9 cm³/mol. The van der Waals surface area contributed by atoms with Crippen molar-refractivity contribution in [3.63, 3.8) is 0 Å². The van der Waals surface area contributed by atoms with E-state index < -0.39 is 0 Å². The summed E-state index contributed by atoms with van der Waals surface area (Å²) in [5.41, 5.74) is 2.36. The molecule has 0 aromatic rings. The topological polar surface area (TPSA) is 0 Å². The smallest absolute Gasteiger partial charge is 0.100 e. The molecule has 1 heteroatoms. The molecule has 2 bridgehead atoms. The fourth-order valence-corrected chi connectivity index (χ4v) is 4.73. The van der Waals surface area contributed by atoms with Crippen molar-refractivity contribution >= 4 is 0 Å². The number of hydrogen-bond donors (Lipinski definition) is 0. The molecule has 1 saturated carbocycles. The monoisotopic (exact) mass is 306 g/mol. The van der Waals surface area contributed by atoms with Crippen LogP contribution in [0.15, 0.2) is 11.6 Å². The Morgan fingerprint density at radius 3 is 2.27 bits per heavy atom. The Morgan fingerprint density at radius 2 is 1.68 bits per heavy atom. The standard InChI is InChI=1S/C21H40N/c1-6-7-8-9-10-11-12-15-22(4,5)17-18-13-14-19-16-20(18)21(19,2)3/h13,19-20H,6-12,14-17H2,1-5H3/q+1/t19-,20-/m0/s1. The molecule has 3 aliphatic carbocycles. The fourth-order valence-electron chi connectivity index (χ4n) is 4.73. The van der Waals surface area contributed by atoms with Gasteiger partial charge in [-0.1, -0.05) is 59.0 Å². The van der Waals surface area contributed by atoms with Crippen molar-refractivity contribution in [2.45, 2.75) is 78.6 Å². The van der Waals surface area contributed by atoms with Crippen LogP contribution in [0.2, 0.25) is 0 Å². The molecule has 0 aliphatic heterocycles. The van der Waals surface area contributed by atoms with Gasteiger partial charge in [0, 0.05) is 0 Å². The molecular weight excluding hydrogens is 266 g/mol. The van der Waals surface area contributed by atoms with Crippen LogP contribution in [-0.2, 0) is 0 Å². The maximum atomic E-state index is 2.59. The largest absolute Gasteiger partial charge is 0.325 e. The maximum Gasteiger partial charge on any atom is 0.100 e. The Kier molecular flexibility index (Phi) is 6.16. The number of hydrogen-bond acceptors (Lipinski definition) is 0. The summed E-state index contributed by atoms with van der Waals surface area (Å²) in [5, 5.41) is 0. The van der Waals surface area contributed by atoms with Gasteiger partial charge in [0.1, 0.15) is 6.54 Å². The number of allylic oxidation sites excluding steroid dienone is 1. The van der Waals surface area contributed by atoms with Gasteiger partial charge < -0.3 is 4.48 Å². The van der Waals surface area contributed by atoms with E-state index in [1.165, 1.54) is 75.4 Å². The minimum absolute atomic E-state index is 0.587. The number of likely N-dealkylation sites (N-methyl/N-ethyl adjacent to an activating group) is 1. The molecule has 0 N–H and O–H groups in total. The minimum Gasteiger partial charge on any atom is -0.325 e. The number of rotatable bonds is 10. The lowest BCUT2D eigenvalue weighted by Crippen LogP contribution is -2.52. The Hall–Kier alpha value is -0.300. The van der Waals surface area contributed by atoms with E-state index in [4.69, 9.17) is 0 Å². The average molecular weight is 307 g/mol. The Balaban J connectivity index is 1.67. The summed E-state index contributed by atoms with van der Waals surface area (Å²) in [6.07, 6.45) is 15.4. The molecule has 0 amide bonds. The van der Waals surface area contributed by atoms with E-state index in [-0.39, 0.29) is 0 Å². The second-order valence-corrected chi connectivity index (χ2v) is 9.26. The van der Waals surface area contributed by atoms with E-state index >= 15 is 0 Å². The predicted octanol–water partition coefficient (Wildman–Crippen LogP) is 5.81. The Bertz CT molecular complexity index is 377. The second-order valence-electron chi connectivity index (χ2n) is 9.26. The zero-order chi connectivity index (χ0) is 16.2. The molecule has 1 fully saturated rings. The van der Waals surface area contributed by atoms with Crippen molar-refractivity contribution in [3.8, 4) is 0 Å². The van der Waals surface area contributed by atoms with Gasteiger partial charge >= 0.3 is 0 Å². The third-order valence-corrected chi connectivity index (χ3v) is 6.56. The molecule has 3 aliphatic rings. The van der Waals surface area contributed by atoms with Gasteiger partial charge in [-0.3, -0.25) is 0 Å². The summed E-state index contributed by atoms with van der Waals surface area (Å²) in [4.78, 5) is 0. The molecule has 0 saturated heterocycles. The van der Waals surface area contributed by atoms with Crippen molar-refractivity contribution < 1.29 is 4.48 Å². The highest BCUT2D eigenvalue weighted by Gasteiger charge is 2.51. The van der Waals surface area contributed by atoms with E-state index in [0.717, 1.165) is 11.8 Å². The van der Waals surface area contributed by atoms with Gasteiger partial charge in [-0.05, 0) is 48.5 Å². The average Bonchev–Trinajstić information content (AvgIpc) is 2.45. The van der Waals surface area contributed by atoms with Crippen LogP contribution in [0.1, 0.15) is 78.6 Å². The van der Waals surface area contributed by atoms with Gasteiger partial charge in [0.25, 0.3) is 0 Å². The highest BCUT2D eigenvalue weighted by Crippen LogP contribution is 2.59. The molecule has 0 unspecified atom stereocenters. The zero-order valence-electron chi connectivity index (χ0n) is 16.0. The van der Waals surface area contributed by atoms with Crippen molar-refractivity contribution in [2.24, 2.45) is 17.3 Å². The lowest BCUT2D eigenvalue weighted by Gasteiger charge is -2.57.